The van der Waals surface area contributed by atoms with Gasteiger partial charge in [-0.2, -0.15) is 0 Å². The van der Waals surface area contributed by atoms with Gasteiger partial charge in [0.1, 0.15) is 0 Å². The molecule has 1 aliphatic rings. The summed E-state index contributed by atoms with van der Waals surface area (Å²) in [5.41, 5.74) is 4.39. The average Bonchev–Trinajstić information content (AvgIpc) is 2.79. The topological polar surface area (TPSA) is 38.0 Å². The second kappa shape index (κ2) is 6.11. The third-order valence-corrected chi connectivity index (χ3v) is 4.48. The average molecular weight is 246 g/mol. The Balaban J connectivity index is 2.04. The van der Waals surface area contributed by atoms with Crippen molar-refractivity contribution in [3.05, 3.63) is 29.8 Å². The second-order valence-electron chi connectivity index (χ2n) is 4.32. The van der Waals surface area contributed by atoms with Crippen molar-refractivity contribution >= 4 is 11.8 Å². The largest absolute Gasteiger partial charge is 0.271 e. The predicted octanol–water partition coefficient (Wildman–Crippen LogP) is 2.51. The summed E-state index contributed by atoms with van der Waals surface area (Å²) < 4.78 is 0. The van der Waals surface area contributed by atoms with E-state index in [0.717, 1.165) is 25.0 Å². The van der Waals surface area contributed by atoms with Crippen molar-refractivity contribution in [3.8, 4) is 12.3 Å². The number of thioether (sulfide) groups is 1. The number of hydrazine groups is 1. The fourth-order valence-corrected chi connectivity index (χ4v) is 3.68. The molecule has 2 nitrogen and oxygen atoms in total. The molecular formula is C14H18N2S. The van der Waals surface area contributed by atoms with E-state index in [4.69, 9.17) is 12.3 Å². The summed E-state index contributed by atoms with van der Waals surface area (Å²) in [6.07, 6.45) is 8.19. The molecule has 1 aromatic rings. The molecular weight excluding hydrogens is 228 g/mol. The van der Waals surface area contributed by atoms with E-state index >= 15 is 0 Å². The summed E-state index contributed by atoms with van der Waals surface area (Å²) in [6.45, 7) is 0. The molecule has 3 heteroatoms. The monoisotopic (exact) mass is 246 g/mol. The number of unbranched alkanes of at least 4 members (excludes halogenated alkanes) is 1. The second-order valence-corrected chi connectivity index (χ2v) is 5.39. The fourth-order valence-electron chi connectivity index (χ4n) is 2.35. The molecule has 2 rings (SSSR count). The van der Waals surface area contributed by atoms with Crippen LogP contribution in [0, 0.1) is 12.3 Å². The van der Waals surface area contributed by atoms with E-state index < -0.39 is 0 Å². The Morgan fingerprint density at radius 3 is 3.12 bits per heavy atom. The van der Waals surface area contributed by atoms with Crippen molar-refractivity contribution in [2.45, 2.75) is 36.1 Å². The van der Waals surface area contributed by atoms with Crippen LogP contribution < -0.4 is 11.3 Å². The van der Waals surface area contributed by atoms with E-state index in [9.17, 15) is 0 Å². The van der Waals surface area contributed by atoms with Crippen LogP contribution in [0.5, 0.6) is 0 Å². The Labute approximate surface area is 107 Å². The minimum Gasteiger partial charge on any atom is -0.271 e. The van der Waals surface area contributed by atoms with Gasteiger partial charge in [0.05, 0.1) is 0 Å². The summed E-state index contributed by atoms with van der Waals surface area (Å²) in [7, 11) is 0. The first-order valence-corrected chi connectivity index (χ1v) is 6.96. The van der Waals surface area contributed by atoms with Gasteiger partial charge in [0.2, 0.25) is 0 Å². The van der Waals surface area contributed by atoms with Crippen molar-refractivity contribution in [1.82, 2.24) is 5.43 Å². The van der Waals surface area contributed by atoms with Gasteiger partial charge in [-0.1, -0.05) is 18.2 Å². The van der Waals surface area contributed by atoms with Gasteiger partial charge in [0, 0.05) is 29.0 Å². The van der Waals surface area contributed by atoms with Crippen LogP contribution in [0.2, 0.25) is 0 Å². The maximum Gasteiger partial charge on any atom is 0.0288 e. The summed E-state index contributed by atoms with van der Waals surface area (Å²) in [6, 6.07) is 8.93. The Bertz CT molecular complexity index is 411. The van der Waals surface area contributed by atoms with Gasteiger partial charge in [-0.25, -0.2) is 0 Å². The molecule has 0 spiro atoms. The minimum absolute atomic E-state index is 0.333. The smallest absolute Gasteiger partial charge is 0.0288 e. The first-order valence-electron chi connectivity index (χ1n) is 5.98. The third kappa shape index (κ3) is 2.84. The lowest BCUT2D eigenvalue weighted by Crippen LogP contribution is -2.40. The molecule has 0 saturated carbocycles. The fraction of sp³-hybridized carbons (Fsp3) is 0.429. The van der Waals surface area contributed by atoms with Crippen molar-refractivity contribution < 1.29 is 0 Å². The van der Waals surface area contributed by atoms with Gasteiger partial charge in [-0.05, 0) is 24.5 Å². The highest BCUT2D eigenvalue weighted by molar-refractivity contribution is 7.99. The molecule has 0 aliphatic carbocycles. The normalized spacial score (nSPS) is 19.6. The van der Waals surface area contributed by atoms with Crippen LogP contribution in [0.1, 0.15) is 30.7 Å². The number of nitrogens with two attached hydrogens (primary N) is 1. The van der Waals surface area contributed by atoms with Gasteiger partial charge < -0.3 is 0 Å². The Morgan fingerprint density at radius 1 is 1.53 bits per heavy atom. The third-order valence-electron chi connectivity index (χ3n) is 3.27. The van der Waals surface area contributed by atoms with Gasteiger partial charge >= 0.3 is 0 Å². The Hall–Kier alpha value is -0.950. The maximum atomic E-state index is 5.68. The van der Waals surface area contributed by atoms with E-state index in [1.54, 1.807) is 0 Å². The van der Waals surface area contributed by atoms with Crippen molar-refractivity contribution in [2.75, 3.05) is 5.75 Å². The Kier molecular flexibility index (Phi) is 4.49. The van der Waals surface area contributed by atoms with Crippen LogP contribution in [0.15, 0.2) is 29.2 Å². The number of nitrogens with one attached hydrogen (secondary N) is 1. The summed E-state index contributed by atoms with van der Waals surface area (Å²) >= 11 is 1.92. The van der Waals surface area contributed by atoms with Gasteiger partial charge in [-0.15, -0.1) is 24.1 Å². The standard InChI is InChI=1S/C14H18N2S/c1-2-3-4-8-13(16-15)12-10-17-14-9-6-5-7-11(12)14/h1,5-7,9,12-13,16H,3-4,8,10,15H2. The van der Waals surface area contributed by atoms with Crippen LogP contribution >= 0.6 is 11.8 Å². The van der Waals surface area contributed by atoms with E-state index in [0.29, 0.717) is 12.0 Å². The highest BCUT2D eigenvalue weighted by Gasteiger charge is 2.29. The van der Waals surface area contributed by atoms with Crippen LogP contribution in [0.25, 0.3) is 0 Å². The molecule has 2 atom stereocenters. The van der Waals surface area contributed by atoms with Crippen molar-refractivity contribution in [3.63, 3.8) is 0 Å². The zero-order valence-electron chi connectivity index (χ0n) is 9.86. The number of benzene rings is 1. The van der Waals surface area contributed by atoms with E-state index in [1.807, 2.05) is 11.8 Å². The molecule has 1 aromatic carbocycles. The molecule has 0 radical (unpaired) electrons. The number of hydrogen-bond acceptors (Lipinski definition) is 3. The highest BCUT2D eigenvalue weighted by Crippen LogP contribution is 2.41. The van der Waals surface area contributed by atoms with Crippen LogP contribution in [0.3, 0.4) is 0 Å². The molecule has 0 amide bonds. The van der Waals surface area contributed by atoms with Crippen LogP contribution in [-0.4, -0.2) is 11.8 Å². The Morgan fingerprint density at radius 2 is 2.35 bits per heavy atom. The molecule has 1 heterocycles. The lowest BCUT2D eigenvalue weighted by Gasteiger charge is -2.22. The molecule has 0 fully saturated rings. The quantitative estimate of drug-likeness (QED) is 0.363. The molecule has 3 N–H and O–H groups in total. The number of terminal acetylenes is 1. The van der Waals surface area contributed by atoms with E-state index in [1.165, 1.54) is 10.5 Å². The molecule has 1 aliphatic heterocycles. The summed E-state index contributed by atoms with van der Waals surface area (Å²) in [5.74, 6) is 9.99. The van der Waals surface area contributed by atoms with Gasteiger partial charge in [0.15, 0.2) is 0 Å². The molecule has 90 valence electrons. The van der Waals surface area contributed by atoms with E-state index in [2.05, 4.69) is 35.6 Å². The lowest BCUT2D eigenvalue weighted by atomic mass is 9.90. The van der Waals surface area contributed by atoms with Crippen LogP contribution in [-0.2, 0) is 0 Å². The predicted molar refractivity (Wildman–Crippen MR) is 73.7 cm³/mol. The number of rotatable bonds is 5. The van der Waals surface area contributed by atoms with Crippen LogP contribution in [0.4, 0.5) is 0 Å². The van der Waals surface area contributed by atoms with Crippen molar-refractivity contribution in [1.29, 1.82) is 0 Å². The molecule has 0 bridgehead atoms. The lowest BCUT2D eigenvalue weighted by molar-refractivity contribution is 0.429. The first kappa shape index (κ1) is 12.5. The molecule has 17 heavy (non-hydrogen) atoms. The van der Waals surface area contributed by atoms with Crippen molar-refractivity contribution in [2.24, 2.45) is 5.84 Å². The van der Waals surface area contributed by atoms with Gasteiger partial charge in [0.25, 0.3) is 0 Å². The molecule has 0 saturated heterocycles. The van der Waals surface area contributed by atoms with Gasteiger partial charge in [-0.3, -0.25) is 11.3 Å². The minimum atomic E-state index is 0.333. The molecule has 0 aromatic heterocycles. The summed E-state index contributed by atoms with van der Waals surface area (Å²) in [4.78, 5) is 1.40. The maximum absolute atomic E-state index is 5.68. The zero-order valence-corrected chi connectivity index (χ0v) is 10.7. The SMILES string of the molecule is C#CCCCC(NN)C1CSc2ccccc21. The number of hydrogen-bond donors (Lipinski definition) is 2. The highest BCUT2D eigenvalue weighted by atomic mass is 32.2. The summed E-state index contributed by atoms with van der Waals surface area (Å²) in [5, 5.41) is 0. The number of fused-ring (bicyclic) bond motifs is 1. The first-order chi connectivity index (χ1) is 8.36. The van der Waals surface area contributed by atoms with E-state index in [-0.39, 0.29) is 0 Å². The molecule has 2 unspecified atom stereocenters. The zero-order chi connectivity index (χ0) is 12.1.